The van der Waals surface area contributed by atoms with Crippen molar-refractivity contribution in [1.29, 1.82) is 0 Å². The number of hydrogen-bond acceptors (Lipinski definition) is 2. The first-order valence-electron chi connectivity index (χ1n) is 6.93. The van der Waals surface area contributed by atoms with Gasteiger partial charge in [0.25, 0.3) is 0 Å². The highest BCUT2D eigenvalue weighted by Crippen LogP contribution is 2.27. The minimum Gasteiger partial charge on any atom is -0.490 e. The zero-order valence-electron chi connectivity index (χ0n) is 10.4. The van der Waals surface area contributed by atoms with Gasteiger partial charge in [-0.25, -0.2) is 0 Å². The highest BCUT2D eigenvalue weighted by molar-refractivity contribution is 5.49. The molecule has 0 bridgehead atoms. The number of rotatable bonds is 3. The summed E-state index contributed by atoms with van der Waals surface area (Å²) >= 11 is 0. The molecule has 0 N–H and O–H groups in total. The molecule has 92 valence electrons. The lowest BCUT2D eigenvalue weighted by Crippen LogP contribution is -2.17. The summed E-state index contributed by atoms with van der Waals surface area (Å²) in [5.41, 5.74) is 1.35. The summed E-state index contributed by atoms with van der Waals surface area (Å²) < 4.78 is 5.97. The smallest absolute Gasteiger partial charge is 0.119 e. The summed E-state index contributed by atoms with van der Waals surface area (Å²) in [6, 6.07) is 8.67. The molecule has 0 amide bonds. The summed E-state index contributed by atoms with van der Waals surface area (Å²) in [4.78, 5) is 2.46. The van der Waals surface area contributed by atoms with Gasteiger partial charge in [0.1, 0.15) is 5.75 Å². The third kappa shape index (κ3) is 2.56. The van der Waals surface area contributed by atoms with Crippen molar-refractivity contribution in [3.8, 4) is 5.75 Å². The Labute approximate surface area is 104 Å². The van der Waals surface area contributed by atoms with Gasteiger partial charge in [0.15, 0.2) is 0 Å². The van der Waals surface area contributed by atoms with Gasteiger partial charge in [0.05, 0.1) is 6.10 Å². The molecule has 1 saturated heterocycles. The van der Waals surface area contributed by atoms with E-state index in [-0.39, 0.29) is 0 Å². The van der Waals surface area contributed by atoms with Crippen LogP contribution in [0, 0.1) is 0 Å². The number of hydrogen-bond donors (Lipinski definition) is 0. The van der Waals surface area contributed by atoms with E-state index in [9.17, 15) is 0 Å². The van der Waals surface area contributed by atoms with Crippen molar-refractivity contribution in [2.24, 2.45) is 0 Å². The van der Waals surface area contributed by atoms with Crippen LogP contribution in [0.3, 0.4) is 0 Å². The molecule has 2 heteroatoms. The van der Waals surface area contributed by atoms with Crippen LogP contribution in [0.5, 0.6) is 5.75 Å². The van der Waals surface area contributed by atoms with E-state index in [0.29, 0.717) is 6.10 Å². The number of ether oxygens (including phenoxy) is 1. The van der Waals surface area contributed by atoms with Gasteiger partial charge in [0, 0.05) is 18.8 Å². The normalized spacial score (nSPS) is 21.1. The Morgan fingerprint density at radius 2 is 1.53 bits per heavy atom. The van der Waals surface area contributed by atoms with E-state index >= 15 is 0 Å². The SMILES string of the molecule is c1cc(N2CCCC2)ccc1OC1CCCC1. The van der Waals surface area contributed by atoms with Crippen LogP contribution in [0.4, 0.5) is 5.69 Å². The van der Waals surface area contributed by atoms with Crippen LogP contribution in [0.15, 0.2) is 24.3 Å². The molecule has 0 radical (unpaired) electrons. The molecule has 0 spiro atoms. The molecule has 0 unspecified atom stereocenters. The van der Waals surface area contributed by atoms with E-state index in [1.54, 1.807) is 0 Å². The van der Waals surface area contributed by atoms with E-state index in [2.05, 4.69) is 29.2 Å². The average molecular weight is 231 g/mol. The fourth-order valence-electron chi connectivity index (χ4n) is 2.91. The molecule has 1 aliphatic carbocycles. The zero-order chi connectivity index (χ0) is 11.5. The van der Waals surface area contributed by atoms with Gasteiger partial charge in [-0.15, -0.1) is 0 Å². The Morgan fingerprint density at radius 1 is 0.882 bits per heavy atom. The van der Waals surface area contributed by atoms with E-state index in [0.717, 1.165) is 5.75 Å². The molecule has 17 heavy (non-hydrogen) atoms. The Morgan fingerprint density at radius 3 is 2.18 bits per heavy atom. The van der Waals surface area contributed by atoms with E-state index in [4.69, 9.17) is 4.74 Å². The maximum Gasteiger partial charge on any atom is 0.119 e. The molecule has 0 atom stereocenters. The maximum atomic E-state index is 5.97. The quantitative estimate of drug-likeness (QED) is 0.788. The van der Waals surface area contributed by atoms with Gasteiger partial charge in [-0.1, -0.05) is 0 Å². The van der Waals surface area contributed by atoms with Crippen LogP contribution in [0.25, 0.3) is 0 Å². The minimum atomic E-state index is 0.465. The van der Waals surface area contributed by atoms with Crippen LogP contribution in [-0.4, -0.2) is 19.2 Å². The first-order chi connectivity index (χ1) is 8.42. The minimum absolute atomic E-state index is 0.465. The predicted octanol–water partition coefficient (Wildman–Crippen LogP) is 3.61. The Kier molecular flexibility index (Phi) is 3.21. The monoisotopic (exact) mass is 231 g/mol. The van der Waals surface area contributed by atoms with Gasteiger partial charge in [-0.2, -0.15) is 0 Å². The molecule has 0 aromatic heterocycles. The highest BCUT2D eigenvalue weighted by atomic mass is 16.5. The van der Waals surface area contributed by atoms with Crippen LogP contribution in [0.2, 0.25) is 0 Å². The summed E-state index contributed by atoms with van der Waals surface area (Å²) in [7, 11) is 0. The second kappa shape index (κ2) is 4.99. The van der Waals surface area contributed by atoms with E-state index in [1.165, 1.54) is 57.3 Å². The third-order valence-electron chi connectivity index (χ3n) is 3.91. The van der Waals surface area contributed by atoms with Gasteiger partial charge in [-0.3, -0.25) is 0 Å². The second-order valence-electron chi connectivity index (χ2n) is 5.21. The summed E-state index contributed by atoms with van der Waals surface area (Å²) in [5, 5.41) is 0. The predicted molar refractivity (Wildman–Crippen MR) is 70.8 cm³/mol. The largest absolute Gasteiger partial charge is 0.490 e. The van der Waals surface area contributed by atoms with Crippen molar-refractivity contribution >= 4 is 5.69 Å². The van der Waals surface area contributed by atoms with Crippen molar-refractivity contribution in [3.05, 3.63) is 24.3 Å². The maximum absolute atomic E-state index is 5.97. The van der Waals surface area contributed by atoms with Gasteiger partial charge in [0.2, 0.25) is 0 Å². The first-order valence-corrected chi connectivity index (χ1v) is 6.93. The number of nitrogens with zero attached hydrogens (tertiary/aromatic N) is 1. The second-order valence-corrected chi connectivity index (χ2v) is 5.21. The topological polar surface area (TPSA) is 12.5 Å². The van der Waals surface area contributed by atoms with Crippen LogP contribution < -0.4 is 9.64 Å². The molecule has 2 fully saturated rings. The zero-order valence-corrected chi connectivity index (χ0v) is 10.4. The van der Waals surface area contributed by atoms with Gasteiger partial charge >= 0.3 is 0 Å². The van der Waals surface area contributed by atoms with Crippen molar-refractivity contribution in [1.82, 2.24) is 0 Å². The molecule has 2 aliphatic rings. The fourth-order valence-corrected chi connectivity index (χ4v) is 2.91. The lowest BCUT2D eigenvalue weighted by Gasteiger charge is -2.18. The van der Waals surface area contributed by atoms with Crippen LogP contribution in [-0.2, 0) is 0 Å². The van der Waals surface area contributed by atoms with Crippen LogP contribution >= 0.6 is 0 Å². The highest BCUT2D eigenvalue weighted by Gasteiger charge is 2.17. The molecule has 1 aliphatic heterocycles. The molecule has 1 heterocycles. The lowest BCUT2D eigenvalue weighted by molar-refractivity contribution is 0.210. The molecule has 2 nitrogen and oxygen atoms in total. The lowest BCUT2D eigenvalue weighted by atomic mass is 10.2. The standard InChI is InChI=1S/C15H21NO/c1-2-6-14(5-1)17-15-9-7-13(8-10-15)16-11-3-4-12-16/h7-10,14H,1-6,11-12H2. The fraction of sp³-hybridized carbons (Fsp3) is 0.600. The van der Waals surface area contributed by atoms with Crippen molar-refractivity contribution < 1.29 is 4.74 Å². The average Bonchev–Trinajstić information content (AvgIpc) is 3.01. The van der Waals surface area contributed by atoms with Gasteiger partial charge in [-0.05, 0) is 62.8 Å². The third-order valence-corrected chi connectivity index (χ3v) is 3.91. The Balaban J connectivity index is 1.62. The van der Waals surface area contributed by atoms with E-state index < -0.39 is 0 Å². The number of anilines is 1. The number of benzene rings is 1. The first kappa shape index (κ1) is 10.9. The summed E-state index contributed by atoms with van der Waals surface area (Å²) in [6.07, 6.45) is 8.25. The Hall–Kier alpha value is -1.18. The molecule has 1 saturated carbocycles. The summed E-state index contributed by atoms with van der Waals surface area (Å²) in [5.74, 6) is 1.04. The molecule has 3 rings (SSSR count). The van der Waals surface area contributed by atoms with E-state index in [1.807, 2.05) is 0 Å². The van der Waals surface area contributed by atoms with Crippen molar-refractivity contribution in [3.63, 3.8) is 0 Å². The van der Waals surface area contributed by atoms with Crippen molar-refractivity contribution in [2.45, 2.75) is 44.6 Å². The molecule has 1 aromatic carbocycles. The van der Waals surface area contributed by atoms with Crippen LogP contribution in [0.1, 0.15) is 38.5 Å². The van der Waals surface area contributed by atoms with Gasteiger partial charge < -0.3 is 9.64 Å². The van der Waals surface area contributed by atoms with Crippen molar-refractivity contribution in [2.75, 3.05) is 18.0 Å². The molecule has 1 aromatic rings. The molecular formula is C15H21NO. The Bertz CT molecular complexity index is 348. The molecular weight excluding hydrogens is 210 g/mol. The summed E-state index contributed by atoms with van der Waals surface area (Å²) in [6.45, 7) is 2.42.